The molecule has 3 heterocycles. The molecule has 0 spiro atoms. The summed E-state index contributed by atoms with van der Waals surface area (Å²) in [7, 11) is 0. The number of carboxylic acids is 1. The Kier molecular flexibility index (Phi) is 3.98. The summed E-state index contributed by atoms with van der Waals surface area (Å²) in [5.41, 5.74) is 3.88. The summed E-state index contributed by atoms with van der Waals surface area (Å²) < 4.78 is 3.04. The minimum absolute atomic E-state index is 0.155. The Labute approximate surface area is 167 Å². The molecule has 0 radical (unpaired) electrons. The van der Waals surface area contributed by atoms with Crippen molar-refractivity contribution in [2.45, 2.75) is 15.3 Å². The number of allylic oxidation sites excluding steroid dienone is 1. The van der Waals surface area contributed by atoms with Crippen molar-refractivity contribution < 1.29 is 19.5 Å². The van der Waals surface area contributed by atoms with Gasteiger partial charge in [-0.3, -0.25) is 0 Å². The van der Waals surface area contributed by atoms with Crippen molar-refractivity contribution in [3.8, 4) is 0 Å². The number of amides is 2. The van der Waals surface area contributed by atoms with Crippen LogP contribution < -0.4 is 8.64 Å². The molecule has 7 heteroatoms. The van der Waals surface area contributed by atoms with Crippen LogP contribution in [-0.4, -0.2) is 48.9 Å². The van der Waals surface area contributed by atoms with E-state index in [9.17, 15) is 14.4 Å². The molecule has 5 rings (SSSR count). The maximum atomic E-state index is 12.3. The van der Waals surface area contributed by atoms with Gasteiger partial charge in [0.1, 0.15) is 0 Å². The number of benzene rings is 2. The Hall–Kier alpha value is -1.99. The summed E-state index contributed by atoms with van der Waals surface area (Å²) in [6, 6.07) is 13.4. The fraction of sp³-hybridized carbons (Fsp3) is 0.150. The molecule has 0 aromatic heterocycles. The van der Waals surface area contributed by atoms with Crippen LogP contribution in [0.5, 0.6) is 0 Å². The summed E-state index contributed by atoms with van der Waals surface area (Å²) in [6.07, 6.45) is 3.07. The average Bonchev–Trinajstić information content (AvgIpc) is 3.21. The Balaban J connectivity index is 1.47. The van der Waals surface area contributed by atoms with Gasteiger partial charge in [-0.05, 0) is 0 Å². The minimum atomic E-state index is -2.49. The summed E-state index contributed by atoms with van der Waals surface area (Å²) >= 11 is -1.35. The third-order valence-corrected chi connectivity index (χ3v) is 18.3. The van der Waals surface area contributed by atoms with Gasteiger partial charge in [0.05, 0.1) is 0 Å². The van der Waals surface area contributed by atoms with Crippen molar-refractivity contribution in [3.63, 3.8) is 0 Å². The monoisotopic (exact) mass is 479 g/mol. The zero-order chi connectivity index (χ0) is 18.7. The van der Waals surface area contributed by atoms with E-state index in [-0.39, 0.29) is 25.6 Å². The van der Waals surface area contributed by atoms with Gasteiger partial charge in [-0.1, -0.05) is 0 Å². The van der Waals surface area contributed by atoms with Crippen LogP contribution in [0.1, 0.15) is 30.7 Å². The SMILES string of the molecule is O=C1NC(=O)C([CH]2c3ccc[c]4c3C=[C](Cc3ccc(C(=O)O)cc3)[In]42)S1. The second-order valence-corrected chi connectivity index (χ2v) is 16.8. The predicted octanol–water partition coefficient (Wildman–Crippen LogP) is 2.25. The second kappa shape index (κ2) is 6.27. The van der Waals surface area contributed by atoms with E-state index in [4.69, 9.17) is 5.11 Å². The summed E-state index contributed by atoms with van der Waals surface area (Å²) in [4.78, 5) is 35.1. The maximum absolute atomic E-state index is 12.3. The van der Waals surface area contributed by atoms with Gasteiger partial charge in [-0.25, -0.2) is 0 Å². The van der Waals surface area contributed by atoms with Gasteiger partial charge in [-0.2, -0.15) is 0 Å². The van der Waals surface area contributed by atoms with Crippen LogP contribution in [0.15, 0.2) is 45.8 Å². The molecule has 2 unspecified atom stereocenters. The molecule has 2 N–H and O–H groups in total. The quantitative estimate of drug-likeness (QED) is 0.704. The third kappa shape index (κ3) is 2.67. The topological polar surface area (TPSA) is 83.5 Å². The third-order valence-electron chi connectivity index (χ3n) is 5.61. The summed E-state index contributed by atoms with van der Waals surface area (Å²) in [6.45, 7) is 0. The number of thioether (sulfide) groups is 1. The first-order valence-electron chi connectivity index (χ1n) is 8.70. The standard InChI is InChI=1S/C20H14NO4S.In/c22-18-17(26-20(25)21-18)12-16-6-2-1-5-14(16)7-3-4-13-8-10-15(11-9-13)19(23)24;/h1-2,6-12,17H,4H2,(H,23,24)(H,21,22,25);. The Morgan fingerprint density at radius 3 is 2.56 bits per heavy atom. The van der Waals surface area contributed by atoms with Crippen LogP contribution in [-0.2, 0) is 11.2 Å². The molecule has 0 aliphatic carbocycles. The number of rotatable bonds is 4. The average molecular weight is 479 g/mol. The molecule has 27 heavy (non-hydrogen) atoms. The van der Waals surface area contributed by atoms with E-state index < -0.39 is 27.4 Å². The van der Waals surface area contributed by atoms with E-state index in [1.54, 1.807) is 12.1 Å². The number of hydrogen-bond acceptors (Lipinski definition) is 4. The van der Waals surface area contributed by atoms with Crippen LogP contribution in [0, 0.1) is 0 Å². The molecule has 132 valence electrons. The van der Waals surface area contributed by atoms with Gasteiger partial charge >= 0.3 is 168 Å². The normalized spacial score (nSPS) is 22.2. The van der Waals surface area contributed by atoms with Crippen molar-refractivity contribution in [1.82, 2.24) is 5.32 Å². The number of carboxylic acid groups (broad SMARTS) is 1. The van der Waals surface area contributed by atoms with Crippen molar-refractivity contribution in [2.75, 3.05) is 0 Å². The Bertz CT molecular complexity index is 1050. The molecule has 2 aromatic rings. The van der Waals surface area contributed by atoms with E-state index in [0.29, 0.717) is 0 Å². The fourth-order valence-electron chi connectivity index (χ4n) is 4.51. The molecular weight excluding hydrogens is 465 g/mol. The van der Waals surface area contributed by atoms with Crippen molar-refractivity contribution in [2.24, 2.45) is 0 Å². The molecular formula is C20H14InNO4S. The Morgan fingerprint density at radius 1 is 1.15 bits per heavy atom. The number of carbonyl (C=O) groups is 3. The zero-order valence-corrected chi connectivity index (χ0v) is 18.3. The second-order valence-electron chi connectivity index (χ2n) is 7.07. The molecule has 2 amide bonds. The van der Waals surface area contributed by atoms with Gasteiger partial charge < -0.3 is 0 Å². The Morgan fingerprint density at radius 2 is 1.93 bits per heavy atom. The van der Waals surface area contributed by atoms with Gasteiger partial charge in [-0.15, -0.1) is 0 Å². The van der Waals surface area contributed by atoms with Gasteiger partial charge in [0.15, 0.2) is 0 Å². The van der Waals surface area contributed by atoms with E-state index in [1.165, 1.54) is 17.8 Å². The number of imide groups is 1. The number of carbonyl (C=O) groups excluding carboxylic acids is 2. The van der Waals surface area contributed by atoms with Crippen molar-refractivity contribution >= 4 is 59.7 Å². The van der Waals surface area contributed by atoms with Crippen LogP contribution in [0.25, 0.3) is 6.08 Å². The molecule has 1 fully saturated rings. The summed E-state index contributed by atoms with van der Waals surface area (Å²) in [5.74, 6) is -1.08. The zero-order valence-electron chi connectivity index (χ0n) is 14.1. The molecule has 1 saturated heterocycles. The van der Waals surface area contributed by atoms with Crippen LogP contribution >= 0.6 is 11.8 Å². The van der Waals surface area contributed by atoms with Crippen LogP contribution in [0.2, 0.25) is 0 Å². The molecule has 3 aliphatic heterocycles. The van der Waals surface area contributed by atoms with E-state index in [2.05, 4.69) is 29.6 Å². The van der Waals surface area contributed by atoms with E-state index in [1.807, 2.05) is 12.1 Å². The molecule has 4 bridgehead atoms. The molecule has 3 aliphatic rings. The van der Waals surface area contributed by atoms with Crippen molar-refractivity contribution in [1.29, 1.82) is 0 Å². The van der Waals surface area contributed by atoms with Crippen LogP contribution in [0.3, 0.4) is 0 Å². The first-order valence-corrected chi connectivity index (χ1v) is 14.8. The van der Waals surface area contributed by atoms with E-state index >= 15 is 0 Å². The van der Waals surface area contributed by atoms with Gasteiger partial charge in [0.25, 0.3) is 0 Å². The van der Waals surface area contributed by atoms with E-state index in [0.717, 1.165) is 23.7 Å². The predicted molar refractivity (Wildman–Crippen MR) is 105 cm³/mol. The molecule has 0 saturated carbocycles. The first-order chi connectivity index (χ1) is 13.0. The van der Waals surface area contributed by atoms with Gasteiger partial charge in [0.2, 0.25) is 0 Å². The molecule has 5 nitrogen and oxygen atoms in total. The van der Waals surface area contributed by atoms with Crippen molar-refractivity contribution in [3.05, 3.63) is 68.0 Å². The molecule has 2 aromatic carbocycles. The first kappa shape index (κ1) is 17.1. The summed E-state index contributed by atoms with van der Waals surface area (Å²) in [5, 5.41) is 10.9. The number of aromatic carboxylic acids is 1. The fourth-order valence-corrected chi connectivity index (χ4v) is 18.9. The number of nitrogens with one attached hydrogen (secondary N) is 1. The molecule has 2 atom stereocenters. The van der Waals surface area contributed by atoms with Gasteiger partial charge in [0, 0.05) is 0 Å². The van der Waals surface area contributed by atoms with Crippen LogP contribution in [0.4, 0.5) is 4.79 Å². The number of hydrogen-bond donors (Lipinski definition) is 2.